The van der Waals surface area contributed by atoms with E-state index < -0.39 is 0 Å². The molecule has 0 spiro atoms. The summed E-state index contributed by atoms with van der Waals surface area (Å²) in [7, 11) is 0. The first kappa shape index (κ1) is 24.4. The number of amides is 1. The van der Waals surface area contributed by atoms with Crippen molar-refractivity contribution in [3.63, 3.8) is 0 Å². The van der Waals surface area contributed by atoms with E-state index in [1.165, 1.54) is 11.1 Å². The summed E-state index contributed by atoms with van der Waals surface area (Å²) in [6.07, 6.45) is 2.63. The molecular weight excluding hydrogens is 442 g/mol. The molecule has 1 saturated heterocycles. The Labute approximate surface area is 206 Å². The van der Waals surface area contributed by atoms with Crippen molar-refractivity contribution in [3.05, 3.63) is 70.4 Å². The molecule has 0 aliphatic carbocycles. The topological polar surface area (TPSA) is 65.5 Å². The van der Waals surface area contributed by atoms with Crippen LogP contribution in [-0.4, -0.2) is 39.5 Å². The fraction of sp³-hybridized carbons (Fsp3) is 0.429. The van der Waals surface area contributed by atoms with Gasteiger partial charge in [-0.3, -0.25) is 4.79 Å². The molecule has 4 rings (SSSR count). The Balaban J connectivity index is 1.46. The lowest BCUT2D eigenvalue weighted by Crippen LogP contribution is -2.51. The molecule has 2 unspecified atom stereocenters. The number of carbonyl (C=O) groups is 1. The maximum Gasteiger partial charge on any atom is 0.240 e. The quantitative estimate of drug-likeness (QED) is 0.451. The van der Waals surface area contributed by atoms with E-state index in [4.69, 9.17) is 0 Å². The van der Waals surface area contributed by atoms with Gasteiger partial charge in [-0.1, -0.05) is 50.2 Å². The van der Waals surface area contributed by atoms with Crippen molar-refractivity contribution in [2.24, 2.45) is 5.92 Å². The Bertz CT molecular complexity index is 1140. The number of rotatable bonds is 8. The molecule has 34 heavy (non-hydrogen) atoms. The van der Waals surface area contributed by atoms with Gasteiger partial charge in [0.05, 0.1) is 22.1 Å². The molecule has 0 bridgehead atoms. The Morgan fingerprint density at radius 1 is 1.21 bits per heavy atom. The lowest BCUT2D eigenvalue weighted by molar-refractivity contribution is -0.135. The minimum Gasteiger partial charge on any atom is -0.508 e. The third-order valence-corrected chi connectivity index (χ3v) is 7.89. The zero-order valence-corrected chi connectivity index (χ0v) is 21.4. The fourth-order valence-electron chi connectivity index (χ4n) is 4.86. The van der Waals surface area contributed by atoms with Gasteiger partial charge in [0, 0.05) is 19.1 Å². The molecule has 2 heterocycles. The normalized spacial score (nSPS) is 16.9. The van der Waals surface area contributed by atoms with Gasteiger partial charge in [-0.25, -0.2) is 4.98 Å². The van der Waals surface area contributed by atoms with Crippen LogP contribution >= 0.6 is 11.3 Å². The molecular formula is C28H35N3O2S. The van der Waals surface area contributed by atoms with Crippen molar-refractivity contribution in [3.8, 4) is 16.2 Å². The highest BCUT2D eigenvalue weighted by Crippen LogP contribution is 2.33. The smallest absolute Gasteiger partial charge is 0.240 e. The Kier molecular flexibility index (Phi) is 7.69. The summed E-state index contributed by atoms with van der Waals surface area (Å²) in [5, 5.41) is 14.3. The molecule has 1 aromatic heterocycles. The number of hydrogen-bond donors (Lipinski definition) is 2. The average Bonchev–Trinajstić information content (AvgIpc) is 3.45. The summed E-state index contributed by atoms with van der Waals surface area (Å²) in [5.41, 5.74) is 7.14. The number of phenols is 1. The van der Waals surface area contributed by atoms with Crippen molar-refractivity contribution in [1.29, 1.82) is 0 Å². The van der Waals surface area contributed by atoms with Crippen LogP contribution in [0.15, 0.2) is 48.0 Å². The number of nitrogens with one attached hydrogen (secondary N) is 1. The standard InChI is InChI=1S/C28H35N3O2S/c1-18(2)26(29-16-23-9-6-5-8-19(23)3)28(33)31-13-7-10-24(31)14-21-11-12-22(15-25(21)32)27-20(4)30-17-34-27/h5-6,8-9,11-12,15,17-18,24,26,29,32H,7,10,13-14,16H2,1-4H3. The van der Waals surface area contributed by atoms with E-state index in [2.05, 4.69) is 49.3 Å². The number of aromatic hydroxyl groups is 1. The van der Waals surface area contributed by atoms with Crippen LogP contribution in [0, 0.1) is 19.8 Å². The van der Waals surface area contributed by atoms with Gasteiger partial charge in [-0.05, 0) is 67.3 Å². The van der Waals surface area contributed by atoms with E-state index >= 15 is 0 Å². The maximum atomic E-state index is 13.6. The number of thiazole rings is 1. The third kappa shape index (κ3) is 5.34. The first-order valence-electron chi connectivity index (χ1n) is 12.2. The van der Waals surface area contributed by atoms with Gasteiger partial charge >= 0.3 is 0 Å². The molecule has 1 aliphatic rings. The van der Waals surface area contributed by atoms with E-state index in [1.807, 2.05) is 41.6 Å². The molecule has 1 aliphatic heterocycles. The SMILES string of the molecule is Cc1ccccc1CNC(C(=O)N1CCCC1Cc1ccc(-c2scnc2C)cc1O)C(C)C. The molecule has 6 heteroatoms. The van der Waals surface area contributed by atoms with Gasteiger partial charge in [0.25, 0.3) is 0 Å². The molecule has 2 N–H and O–H groups in total. The van der Waals surface area contributed by atoms with Gasteiger partial charge < -0.3 is 15.3 Å². The second-order valence-corrected chi connectivity index (χ2v) is 10.5. The zero-order valence-electron chi connectivity index (χ0n) is 20.5. The van der Waals surface area contributed by atoms with E-state index in [1.54, 1.807) is 11.3 Å². The number of phenolic OH excluding ortho intramolecular Hbond substituents is 1. The van der Waals surface area contributed by atoms with Crippen molar-refractivity contribution in [2.75, 3.05) is 6.54 Å². The second kappa shape index (κ2) is 10.7. The largest absolute Gasteiger partial charge is 0.508 e. The Morgan fingerprint density at radius 2 is 2.00 bits per heavy atom. The zero-order chi connectivity index (χ0) is 24.2. The highest BCUT2D eigenvalue weighted by Gasteiger charge is 2.34. The number of benzene rings is 2. The molecule has 0 radical (unpaired) electrons. The van der Waals surface area contributed by atoms with Crippen molar-refractivity contribution < 1.29 is 9.90 Å². The molecule has 3 aromatic rings. The van der Waals surface area contributed by atoms with Crippen LogP contribution in [0.4, 0.5) is 0 Å². The number of nitrogens with zero attached hydrogens (tertiary/aromatic N) is 2. The van der Waals surface area contributed by atoms with Gasteiger partial charge in [-0.2, -0.15) is 0 Å². The van der Waals surface area contributed by atoms with Gasteiger partial charge in [0.1, 0.15) is 5.75 Å². The summed E-state index contributed by atoms with van der Waals surface area (Å²) in [5.74, 6) is 0.651. The van der Waals surface area contributed by atoms with Crippen LogP contribution in [0.25, 0.3) is 10.4 Å². The van der Waals surface area contributed by atoms with Crippen molar-refractivity contribution in [2.45, 2.75) is 65.6 Å². The number of aromatic nitrogens is 1. The molecule has 2 atom stereocenters. The van der Waals surface area contributed by atoms with E-state index in [9.17, 15) is 9.90 Å². The summed E-state index contributed by atoms with van der Waals surface area (Å²) >= 11 is 1.58. The summed E-state index contributed by atoms with van der Waals surface area (Å²) < 4.78 is 0. The number of hydrogen-bond acceptors (Lipinski definition) is 5. The van der Waals surface area contributed by atoms with Crippen LogP contribution in [0.5, 0.6) is 5.75 Å². The predicted octanol–water partition coefficient (Wildman–Crippen LogP) is 5.48. The monoisotopic (exact) mass is 477 g/mol. The summed E-state index contributed by atoms with van der Waals surface area (Å²) in [6.45, 7) is 9.75. The van der Waals surface area contributed by atoms with Crippen LogP contribution < -0.4 is 5.32 Å². The minimum absolute atomic E-state index is 0.107. The van der Waals surface area contributed by atoms with Gasteiger partial charge in [-0.15, -0.1) is 11.3 Å². The van der Waals surface area contributed by atoms with E-state index in [0.717, 1.165) is 41.1 Å². The minimum atomic E-state index is -0.231. The average molecular weight is 478 g/mol. The van der Waals surface area contributed by atoms with Crippen LogP contribution in [-0.2, 0) is 17.8 Å². The predicted molar refractivity (Wildman–Crippen MR) is 139 cm³/mol. The first-order chi connectivity index (χ1) is 16.3. The van der Waals surface area contributed by atoms with E-state index in [-0.39, 0.29) is 23.9 Å². The number of aryl methyl sites for hydroxylation is 2. The van der Waals surface area contributed by atoms with Crippen LogP contribution in [0.2, 0.25) is 0 Å². The van der Waals surface area contributed by atoms with Crippen LogP contribution in [0.3, 0.4) is 0 Å². The third-order valence-electron chi connectivity index (χ3n) is 6.92. The number of carbonyl (C=O) groups excluding carboxylic acids is 1. The Morgan fingerprint density at radius 3 is 2.68 bits per heavy atom. The van der Waals surface area contributed by atoms with Crippen molar-refractivity contribution in [1.82, 2.24) is 15.2 Å². The summed E-state index contributed by atoms with van der Waals surface area (Å²) in [4.78, 5) is 21.1. The van der Waals surface area contributed by atoms with Crippen LogP contribution in [0.1, 0.15) is 49.1 Å². The maximum absolute atomic E-state index is 13.6. The lowest BCUT2D eigenvalue weighted by Gasteiger charge is -2.31. The Hall–Kier alpha value is -2.70. The first-order valence-corrected chi connectivity index (χ1v) is 13.0. The second-order valence-electron chi connectivity index (χ2n) is 9.67. The van der Waals surface area contributed by atoms with Crippen molar-refractivity contribution >= 4 is 17.2 Å². The fourth-order valence-corrected chi connectivity index (χ4v) is 5.67. The highest BCUT2D eigenvalue weighted by atomic mass is 32.1. The van der Waals surface area contributed by atoms with Gasteiger partial charge in [0.15, 0.2) is 0 Å². The molecule has 2 aromatic carbocycles. The lowest BCUT2D eigenvalue weighted by atomic mass is 9.98. The molecule has 1 amide bonds. The van der Waals surface area contributed by atoms with Gasteiger partial charge in [0.2, 0.25) is 5.91 Å². The molecule has 5 nitrogen and oxygen atoms in total. The molecule has 0 saturated carbocycles. The molecule has 1 fully saturated rings. The van der Waals surface area contributed by atoms with E-state index in [0.29, 0.717) is 18.7 Å². The summed E-state index contributed by atoms with van der Waals surface area (Å²) in [6, 6.07) is 14.1. The highest BCUT2D eigenvalue weighted by molar-refractivity contribution is 7.13. The number of likely N-dealkylation sites (tertiary alicyclic amines) is 1. The molecule has 180 valence electrons.